The van der Waals surface area contributed by atoms with Crippen molar-refractivity contribution >= 4 is 15.9 Å². The van der Waals surface area contributed by atoms with E-state index in [0.29, 0.717) is 12.8 Å². The van der Waals surface area contributed by atoms with Crippen molar-refractivity contribution in [2.75, 3.05) is 19.3 Å². The van der Waals surface area contributed by atoms with E-state index in [4.69, 9.17) is 5.26 Å². The molecule has 0 bridgehead atoms. The van der Waals surface area contributed by atoms with Crippen LogP contribution in [0.3, 0.4) is 0 Å². The minimum absolute atomic E-state index is 0.0332. The maximum atomic E-state index is 11.4. The Kier molecular flexibility index (Phi) is 3.31. The van der Waals surface area contributed by atoms with Gasteiger partial charge in [-0.05, 0) is 19.9 Å². The molecule has 1 aliphatic carbocycles. The maximum absolute atomic E-state index is 11.4. The molecule has 0 radical (unpaired) electrons. The summed E-state index contributed by atoms with van der Waals surface area (Å²) >= 11 is 0. The molecule has 0 aliphatic heterocycles. The lowest BCUT2D eigenvalue weighted by Gasteiger charge is -2.07. The minimum Gasteiger partial charge on any atom is -0.354 e. The molecule has 0 unspecified atom stereocenters. The van der Waals surface area contributed by atoms with Gasteiger partial charge in [-0.3, -0.25) is 4.79 Å². The molecule has 1 saturated carbocycles. The number of carbonyl (C=O) groups excluding carboxylic acids is 1. The molecule has 1 fully saturated rings. The maximum Gasteiger partial charge on any atom is 0.240 e. The second kappa shape index (κ2) is 4.16. The Morgan fingerprint density at radius 2 is 2.13 bits per heavy atom. The van der Waals surface area contributed by atoms with Crippen LogP contribution in [-0.2, 0) is 14.8 Å². The highest BCUT2D eigenvalue weighted by atomic mass is 32.2. The van der Waals surface area contributed by atoms with Crippen LogP contribution in [0.5, 0.6) is 0 Å². The molecule has 6 nitrogen and oxygen atoms in total. The first-order chi connectivity index (χ1) is 6.96. The number of amides is 1. The Balaban J connectivity index is 2.34. The van der Waals surface area contributed by atoms with Gasteiger partial charge in [0.15, 0.2) is 0 Å². The van der Waals surface area contributed by atoms with Gasteiger partial charge in [-0.15, -0.1) is 0 Å². The standard InChI is InChI=1S/C8H13N3O3S/c1-10-15(13,14)5-4-11-7(12)8(6-9)2-3-8/h10H,2-5H2,1H3,(H,11,12). The van der Waals surface area contributed by atoms with Crippen LogP contribution in [0.1, 0.15) is 12.8 Å². The molecule has 7 heteroatoms. The van der Waals surface area contributed by atoms with Crippen LogP contribution in [0, 0.1) is 16.7 Å². The van der Waals surface area contributed by atoms with Crippen LogP contribution >= 0.6 is 0 Å². The Morgan fingerprint density at radius 1 is 1.53 bits per heavy atom. The molecule has 1 amide bonds. The number of sulfonamides is 1. The van der Waals surface area contributed by atoms with Gasteiger partial charge in [-0.2, -0.15) is 5.26 Å². The summed E-state index contributed by atoms with van der Waals surface area (Å²) in [5, 5.41) is 11.1. The molecule has 84 valence electrons. The predicted octanol–water partition coefficient (Wildman–Crippen LogP) is -1.04. The Bertz CT molecular complexity index is 392. The lowest BCUT2D eigenvalue weighted by Crippen LogP contribution is -2.36. The third-order valence-electron chi connectivity index (χ3n) is 2.37. The summed E-state index contributed by atoms with van der Waals surface area (Å²) in [4.78, 5) is 11.4. The zero-order chi connectivity index (χ0) is 11.5. The molecule has 0 heterocycles. The number of hydrogen-bond donors (Lipinski definition) is 2. The molecule has 0 aromatic heterocycles. The topological polar surface area (TPSA) is 99.1 Å². The fourth-order valence-electron chi connectivity index (χ4n) is 1.08. The molecule has 1 aliphatic rings. The van der Waals surface area contributed by atoms with Crippen molar-refractivity contribution in [2.45, 2.75) is 12.8 Å². The molecule has 0 atom stereocenters. The van der Waals surface area contributed by atoms with Gasteiger partial charge in [0.2, 0.25) is 15.9 Å². The van der Waals surface area contributed by atoms with E-state index in [1.807, 2.05) is 6.07 Å². The van der Waals surface area contributed by atoms with E-state index in [1.165, 1.54) is 7.05 Å². The molecule has 2 N–H and O–H groups in total. The van der Waals surface area contributed by atoms with Gasteiger partial charge in [0.05, 0.1) is 11.8 Å². The summed E-state index contributed by atoms with van der Waals surface area (Å²) in [7, 11) is -1.98. The van der Waals surface area contributed by atoms with Gasteiger partial charge in [0.1, 0.15) is 5.41 Å². The first kappa shape index (κ1) is 11.9. The first-order valence-corrected chi connectivity index (χ1v) is 6.22. The van der Waals surface area contributed by atoms with E-state index in [0.717, 1.165) is 0 Å². The number of rotatable bonds is 5. The van der Waals surface area contributed by atoms with Gasteiger partial charge in [0.25, 0.3) is 0 Å². The van der Waals surface area contributed by atoms with E-state index < -0.39 is 15.4 Å². The summed E-state index contributed by atoms with van der Waals surface area (Å²) < 4.78 is 24.1. The van der Waals surface area contributed by atoms with Crippen LogP contribution < -0.4 is 10.0 Å². The lowest BCUT2D eigenvalue weighted by molar-refractivity contribution is -0.124. The van der Waals surface area contributed by atoms with Crippen LogP contribution in [0.25, 0.3) is 0 Å². The third-order valence-corrected chi connectivity index (χ3v) is 3.73. The van der Waals surface area contributed by atoms with Crippen molar-refractivity contribution in [3.8, 4) is 6.07 Å². The summed E-state index contributed by atoms with van der Waals surface area (Å²) in [6, 6.07) is 1.94. The minimum atomic E-state index is -3.29. The molecule has 0 saturated heterocycles. The molecule has 15 heavy (non-hydrogen) atoms. The Labute approximate surface area is 88.7 Å². The van der Waals surface area contributed by atoms with E-state index in [1.54, 1.807) is 0 Å². The second-order valence-electron chi connectivity index (χ2n) is 3.47. The normalized spacial score (nSPS) is 17.9. The van der Waals surface area contributed by atoms with Crippen molar-refractivity contribution in [1.82, 2.24) is 10.0 Å². The molecule has 1 rings (SSSR count). The zero-order valence-electron chi connectivity index (χ0n) is 8.41. The summed E-state index contributed by atoms with van der Waals surface area (Å²) in [5.74, 6) is -0.534. The average Bonchev–Trinajstić information content (AvgIpc) is 2.98. The van der Waals surface area contributed by atoms with Gasteiger partial charge >= 0.3 is 0 Å². The predicted molar refractivity (Wildman–Crippen MR) is 53.1 cm³/mol. The van der Waals surface area contributed by atoms with Crippen molar-refractivity contribution in [1.29, 1.82) is 5.26 Å². The number of hydrogen-bond acceptors (Lipinski definition) is 4. The molecule has 0 aromatic rings. The Morgan fingerprint density at radius 3 is 2.53 bits per heavy atom. The highest BCUT2D eigenvalue weighted by Crippen LogP contribution is 2.44. The second-order valence-corrected chi connectivity index (χ2v) is 5.52. The van der Waals surface area contributed by atoms with Crippen molar-refractivity contribution in [3.63, 3.8) is 0 Å². The van der Waals surface area contributed by atoms with E-state index in [9.17, 15) is 13.2 Å². The van der Waals surface area contributed by atoms with Gasteiger partial charge in [0, 0.05) is 6.54 Å². The van der Waals surface area contributed by atoms with Crippen molar-refractivity contribution in [3.05, 3.63) is 0 Å². The number of nitrogens with one attached hydrogen (secondary N) is 2. The summed E-state index contributed by atoms with van der Waals surface area (Å²) in [6.45, 7) is 0.0332. The van der Waals surface area contributed by atoms with Crippen molar-refractivity contribution in [2.24, 2.45) is 5.41 Å². The highest BCUT2D eigenvalue weighted by molar-refractivity contribution is 7.89. The average molecular weight is 231 g/mol. The molecule has 0 aromatic carbocycles. The smallest absolute Gasteiger partial charge is 0.240 e. The zero-order valence-corrected chi connectivity index (χ0v) is 9.23. The summed E-state index contributed by atoms with van der Waals surface area (Å²) in [5.41, 5.74) is -0.886. The third kappa shape index (κ3) is 2.91. The van der Waals surface area contributed by atoms with Crippen LogP contribution in [0.15, 0.2) is 0 Å². The lowest BCUT2D eigenvalue weighted by atomic mass is 10.1. The first-order valence-electron chi connectivity index (χ1n) is 4.56. The Hall–Kier alpha value is -1.13. The molecular weight excluding hydrogens is 218 g/mol. The van der Waals surface area contributed by atoms with Gasteiger partial charge < -0.3 is 5.32 Å². The van der Waals surface area contributed by atoms with E-state index >= 15 is 0 Å². The molecular formula is C8H13N3O3S. The number of carbonyl (C=O) groups is 1. The monoisotopic (exact) mass is 231 g/mol. The van der Waals surface area contributed by atoms with Crippen LogP contribution in [-0.4, -0.2) is 33.7 Å². The molecule has 0 spiro atoms. The quantitative estimate of drug-likeness (QED) is 0.631. The number of nitrogens with zero attached hydrogens (tertiary/aromatic N) is 1. The van der Waals surface area contributed by atoms with Crippen LogP contribution in [0.4, 0.5) is 0 Å². The highest BCUT2D eigenvalue weighted by Gasteiger charge is 2.50. The number of nitriles is 1. The summed E-state index contributed by atoms with van der Waals surface area (Å²) in [6.07, 6.45) is 1.13. The SMILES string of the molecule is CNS(=O)(=O)CCNC(=O)C1(C#N)CC1. The van der Waals surface area contributed by atoms with Crippen LogP contribution in [0.2, 0.25) is 0 Å². The largest absolute Gasteiger partial charge is 0.354 e. The fourth-order valence-corrected chi connectivity index (χ4v) is 1.66. The van der Waals surface area contributed by atoms with E-state index in [-0.39, 0.29) is 18.2 Å². The van der Waals surface area contributed by atoms with Gasteiger partial charge in [-0.1, -0.05) is 0 Å². The fraction of sp³-hybridized carbons (Fsp3) is 0.750. The van der Waals surface area contributed by atoms with E-state index in [2.05, 4.69) is 10.0 Å². The van der Waals surface area contributed by atoms with Crippen molar-refractivity contribution < 1.29 is 13.2 Å². The van der Waals surface area contributed by atoms with Gasteiger partial charge in [-0.25, -0.2) is 13.1 Å².